The van der Waals surface area contributed by atoms with Crippen LogP contribution in [-0.4, -0.2) is 23.7 Å². The van der Waals surface area contributed by atoms with Crippen LogP contribution in [0, 0.1) is 0 Å². The highest BCUT2D eigenvalue weighted by Gasteiger charge is 2.07. The number of anilines is 1. The van der Waals surface area contributed by atoms with Gasteiger partial charge >= 0.3 is 0 Å². The fourth-order valence-electron chi connectivity index (χ4n) is 1.90. The molecule has 2 aromatic carbocycles. The summed E-state index contributed by atoms with van der Waals surface area (Å²) in [4.78, 5) is 30.8. The molecule has 0 atom stereocenters. The SMILES string of the molecule is NC(=O)c1ccc(NC(=O)c2ccc(N=C(N)N=C(N)N)cc2)cc1. The second kappa shape index (κ2) is 7.59. The van der Waals surface area contributed by atoms with E-state index in [1.165, 1.54) is 12.1 Å². The van der Waals surface area contributed by atoms with Gasteiger partial charge in [-0.1, -0.05) is 0 Å². The highest BCUT2D eigenvalue weighted by molar-refractivity contribution is 6.04. The number of benzene rings is 2. The molecular formula is C16H17N7O2. The lowest BCUT2D eigenvalue weighted by Gasteiger charge is -2.06. The smallest absolute Gasteiger partial charge is 0.255 e. The zero-order valence-electron chi connectivity index (χ0n) is 13.1. The van der Waals surface area contributed by atoms with Crippen molar-refractivity contribution in [3.63, 3.8) is 0 Å². The molecule has 9 heteroatoms. The zero-order valence-corrected chi connectivity index (χ0v) is 13.1. The maximum Gasteiger partial charge on any atom is 0.255 e. The van der Waals surface area contributed by atoms with Crippen LogP contribution in [0.2, 0.25) is 0 Å². The van der Waals surface area contributed by atoms with E-state index in [0.717, 1.165) is 0 Å². The van der Waals surface area contributed by atoms with E-state index < -0.39 is 5.91 Å². The van der Waals surface area contributed by atoms with Gasteiger partial charge in [0.05, 0.1) is 5.69 Å². The summed E-state index contributed by atoms with van der Waals surface area (Å²) in [6, 6.07) is 12.6. The first-order valence-corrected chi connectivity index (χ1v) is 7.10. The predicted octanol–water partition coefficient (Wildman–Crippen LogP) is 0.257. The van der Waals surface area contributed by atoms with Gasteiger partial charge in [-0.2, -0.15) is 4.99 Å². The number of carbonyl (C=O) groups excluding carboxylic acids is 2. The first-order valence-electron chi connectivity index (χ1n) is 7.10. The largest absolute Gasteiger partial charge is 0.370 e. The number of nitrogens with two attached hydrogens (primary N) is 4. The summed E-state index contributed by atoms with van der Waals surface area (Å²) in [5.41, 5.74) is 22.9. The molecule has 0 aliphatic carbocycles. The van der Waals surface area contributed by atoms with Gasteiger partial charge in [-0.15, -0.1) is 0 Å². The molecule has 0 spiro atoms. The van der Waals surface area contributed by atoms with Crippen molar-refractivity contribution in [3.05, 3.63) is 59.7 Å². The van der Waals surface area contributed by atoms with E-state index >= 15 is 0 Å². The highest BCUT2D eigenvalue weighted by atomic mass is 16.2. The van der Waals surface area contributed by atoms with Crippen LogP contribution in [-0.2, 0) is 0 Å². The number of nitrogens with zero attached hydrogens (tertiary/aromatic N) is 2. The van der Waals surface area contributed by atoms with Gasteiger partial charge < -0.3 is 28.3 Å². The van der Waals surface area contributed by atoms with E-state index in [2.05, 4.69) is 15.3 Å². The number of guanidine groups is 2. The number of hydrogen-bond acceptors (Lipinski definition) is 3. The van der Waals surface area contributed by atoms with E-state index in [1.54, 1.807) is 36.4 Å². The minimum Gasteiger partial charge on any atom is -0.370 e. The lowest BCUT2D eigenvalue weighted by atomic mass is 10.1. The Bertz CT molecular complexity index is 836. The maximum absolute atomic E-state index is 12.2. The Morgan fingerprint density at radius 2 is 1.36 bits per heavy atom. The molecular weight excluding hydrogens is 322 g/mol. The van der Waals surface area contributed by atoms with E-state index in [1.807, 2.05) is 0 Å². The lowest BCUT2D eigenvalue weighted by molar-refractivity contribution is 0.0998. The lowest BCUT2D eigenvalue weighted by Crippen LogP contribution is -2.26. The van der Waals surface area contributed by atoms with Crippen LogP contribution in [0.4, 0.5) is 11.4 Å². The molecule has 0 radical (unpaired) electrons. The third-order valence-corrected chi connectivity index (χ3v) is 3.04. The highest BCUT2D eigenvalue weighted by Crippen LogP contribution is 2.15. The molecule has 0 unspecified atom stereocenters. The van der Waals surface area contributed by atoms with Gasteiger partial charge in [0.2, 0.25) is 11.9 Å². The van der Waals surface area contributed by atoms with Gasteiger partial charge in [0, 0.05) is 16.8 Å². The van der Waals surface area contributed by atoms with Crippen molar-refractivity contribution < 1.29 is 9.59 Å². The fraction of sp³-hybridized carbons (Fsp3) is 0. The second-order valence-electron chi connectivity index (χ2n) is 4.95. The first-order chi connectivity index (χ1) is 11.8. The van der Waals surface area contributed by atoms with Crippen LogP contribution >= 0.6 is 0 Å². The molecule has 128 valence electrons. The Balaban J connectivity index is 2.07. The summed E-state index contributed by atoms with van der Waals surface area (Å²) in [5.74, 6) is -1.14. The molecule has 2 aromatic rings. The van der Waals surface area contributed by atoms with E-state index in [0.29, 0.717) is 22.5 Å². The van der Waals surface area contributed by atoms with Crippen LogP contribution in [0.1, 0.15) is 20.7 Å². The molecule has 25 heavy (non-hydrogen) atoms. The van der Waals surface area contributed by atoms with Crippen LogP contribution < -0.4 is 28.3 Å². The maximum atomic E-state index is 12.2. The van der Waals surface area contributed by atoms with Crippen molar-refractivity contribution in [1.82, 2.24) is 0 Å². The van der Waals surface area contributed by atoms with Crippen LogP contribution in [0.3, 0.4) is 0 Å². The topological polar surface area (TPSA) is 175 Å². The van der Waals surface area contributed by atoms with Crippen LogP contribution in [0.5, 0.6) is 0 Å². The summed E-state index contributed by atoms with van der Waals surface area (Å²) >= 11 is 0. The van der Waals surface area contributed by atoms with Gasteiger partial charge in [-0.05, 0) is 48.5 Å². The molecule has 0 fully saturated rings. The molecule has 9 nitrogen and oxygen atoms in total. The third kappa shape index (κ3) is 5.06. The zero-order chi connectivity index (χ0) is 18.4. The molecule has 0 heterocycles. The quantitative estimate of drug-likeness (QED) is 0.396. The van der Waals surface area contributed by atoms with E-state index in [9.17, 15) is 9.59 Å². The third-order valence-electron chi connectivity index (χ3n) is 3.04. The Morgan fingerprint density at radius 1 is 0.800 bits per heavy atom. The van der Waals surface area contributed by atoms with E-state index in [4.69, 9.17) is 22.9 Å². The molecule has 0 saturated carbocycles. The molecule has 0 aliphatic rings. The number of primary amides is 1. The van der Waals surface area contributed by atoms with Crippen molar-refractivity contribution >= 4 is 35.1 Å². The summed E-state index contributed by atoms with van der Waals surface area (Å²) in [7, 11) is 0. The van der Waals surface area contributed by atoms with Crippen LogP contribution in [0.25, 0.3) is 0 Å². The standard InChI is InChI=1S/C16H17N7O2/c17-13(24)9-1-5-11(6-2-9)21-14(25)10-3-7-12(8-4-10)22-16(20)23-15(18)19/h1-8H,(H2,17,24)(H,21,25)(H6,18,19,20,22,23). The Morgan fingerprint density at radius 3 is 1.88 bits per heavy atom. The fourth-order valence-corrected chi connectivity index (χ4v) is 1.90. The molecule has 0 bridgehead atoms. The van der Waals surface area contributed by atoms with Gasteiger partial charge in [0.15, 0.2) is 5.96 Å². The minimum absolute atomic E-state index is 0.0910. The van der Waals surface area contributed by atoms with Crippen LogP contribution in [0.15, 0.2) is 58.5 Å². The Kier molecular flexibility index (Phi) is 5.31. The molecule has 0 saturated heterocycles. The van der Waals surface area contributed by atoms with Gasteiger partial charge in [0.1, 0.15) is 0 Å². The molecule has 0 aliphatic heterocycles. The van der Waals surface area contributed by atoms with E-state index in [-0.39, 0.29) is 17.8 Å². The monoisotopic (exact) mass is 339 g/mol. The number of carbonyl (C=O) groups is 2. The van der Waals surface area contributed by atoms with Gasteiger partial charge in [-0.25, -0.2) is 4.99 Å². The second-order valence-corrected chi connectivity index (χ2v) is 4.95. The summed E-state index contributed by atoms with van der Waals surface area (Å²) < 4.78 is 0. The number of amides is 2. The molecule has 0 aromatic heterocycles. The normalized spacial score (nSPS) is 10.8. The van der Waals surface area contributed by atoms with Gasteiger partial charge in [-0.3, -0.25) is 9.59 Å². The summed E-state index contributed by atoms with van der Waals surface area (Å²) in [5, 5.41) is 2.70. The number of rotatable bonds is 4. The number of hydrogen-bond donors (Lipinski definition) is 5. The summed E-state index contributed by atoms with van der Waals surface area (Å²) in [6.07, 6.45) is 0. The predicted molar refractivity (Wildman–Crippen MR) is 96.4 cm³/mol. The van der Waals surface area contributed by atoms with Crippen molar-refractivity contribution in [2.24, 2.45) is 32.9 Å². The van der Waals surface area contributed by atoms with Crippen molar-refractivity contribution in [2.75, 3.05) is 5.32 Å². The number of aliphatic imine (C=N–C) groups is 2. The minimum atomic E-state index is -0.533. The van der Waals surface area contributed by atoms with Crippen molar-refractivity contribution in [2.45, 2.75) is 0 Å². The van der Waals surface area contributed by atoms with Gasteiger partial charge in [0.25, 0.3) is 5.91 Å². The summed E-state index contributed by atoms with van der Waals surface area (Å²) in [6.45, 7) is 0. The number of nitrogens with one attached hydrogen (secondary N) is 1. The first kappa shape index (κ1) is 17.5. The Labute approximate surface area is 143 Å². The van der Waals surface area contributed by atoms with Crippen molar-refractivity contribution in [1.29, 1.82) is 0 Å². The molecule has 9 N–H and O–H groups in total. The average molecular weight is 339 g/mol. The Hall–Kier alpha value is -3.88. The molecule has 2 rings (SSSR count). The average Bonchev–Trinajstić information content (AvgIpc) is 2.55. The molecule has 2 amide bonds. The van der Waals surface area contributed by atoms with Crippen molar-refractivity contribution in [3.8, 4) is 0 Å².